The fourth-order valence-corrected chi connectivity index (χ4v) is 2.88. The third-order valence-electron chi connectivity index (χ3n) is 4.27. The van der Waals surface area contributed by atoms with Gasteiger partial charge in [0.15, 0.2) is 0 Å². The van der Waals surface area contributed by atoms with Crippen LogP contribution in [0.4, 0.5) is 11.4 Å². The lowest BCUT2D eigenvalue weighted by Gasteiger charge is -2.19. The first kappa shape index (κ1) is 15.4. The van der Waals surface area contributed by atoms with Crippen molar-refractivity contribution >= 4 is 17.3 Å². The van der Waals surface area contributed by atoms with E-state index in [1.54, 1.807) is 19.2 Å². The number of benzene rings is 2. The maximum Gasteiger partial charge on any atom is 0.255 e. The predicted molar refractivity (Wildman–Crippen MR) is 93.6 cm³/mol. The fourth-order valence-electron chi connectivity index (χ4n) is 2.88. The minimum absolute atomic E-state index is 0.120. The molecule has 2 aromatic carbocycles. The predicted octanol–water partition coefficient (Wildman–Crippen LogP) is 3.86. The molecule has 1 saturated heterocycles. The van der Waals surface area contributed by atoms with Crippen molar-refractivity contribution in [3.8, 4) is 5.75 Å². The molecule has 23 heavy (non-hydrogen) atoms. The van der Waals surface area contributed by atoms with Crippen molar-refractivity contribution in [1.82, 2.24) is 0 Å². The monoisotopic (exact) mass is 310 g/mol. The van der Waals surface area contributed by atoms with E-state index in [4.69, 9.17) is 4.74 Å². The average Bonchev–Trinajstić information content (AvgIpc) is 3.11. The van der Waals surface area contributed by atoms with Crippen LogP contribution in [0.2, 0.25) is 0 Å². The minimum atomic E-state index is -0.120. The number of nitrogens with one attached hydrogen (secondary N) is 1. The first-order valence-corrected chi connectivity index (χ1v) is 7.98. The van der Waals surface area contributed by atoms with Gasteiger partial charge in [-0.15, -0.1) is 0 Å². The maximum atomic E-state index is 12.5. The van der Waals surface area contributed by atoms with Gasteiger partial charge in [-0.25, -0.2) is 0 Å². The molecule has 0 unspecified atom stereocenters. The molecule has 1 amide bonds. The molecule has 4 nitrogen and oxygen atoms in total. The van der Waals surface area contributed by atoms with E-state index in [1.165, 1.54) is 18.5 Å². The largest absolute Gasteiger partial charge is 0.497 e. The highest BCUT2D eigenvalue weighted by atomic mass is 16.5. The van der Waals surface area contributed by atoms with Crippen molar-refractivity contribution in [3.05, 3.63) is 53.6 Å². The molecule has 1 aliphatic rings. The quantitative estimate of drug-likeness (QED) is 0.932. The van der Waals surface area contributed by atoms with Gasteiger partial charge in [0.05, 0.1) is 7.11 Å². The van der Waals surface area contributed by atoms with E-state index in [1.807, 2.05) is 19.1 Å². The van der Waals surface area contributed by atoms with Gasteiger partial charge in [-0.2, -0.15) is 0 Å². The SMILES string of the molecule is COc1cccc(C(=O)Nc2cc(N3CCCC3)ccc2C)c1. The molecule has 0 atom stereocenters. The number of rotatable bonds is 4. The lowest BCUT2D eigenvalue weighted by atomic mass is 10.1. The summed E-state index contributed by atoms with van der Waals surface area (Å²) in [6.45, 7) is 4.19. The summed E-state index contributed by atoms with van der Waals surface area (Å²) in [5.41, 5.74) is 3.69. The second-order valence-corrected chi connectivity index (χ2v) is 5.88. The Hall–Kier alpha value is -2.49. The molecule has 4 heteroatoms. The summed E-state index contributed by atoms with van der Waals surface area (Å²) in [6, 6.07) is 13.4. The summed E-state index contributed by atoms with van der Waals surface area (Å²) in [5.74, 6) is 0.561. The summed E-state index contributed by atoms with van der Waals surface area (Å²) in [6.07, 6.45) is 2.47. The Morgan fingerprint density at radius 3 is 2.65 bits per heavy atom. The number of aryl methyl sites for hydroxylation is 1. The lowest BCUT2D eigenvalue weighted by Crippen LogP contribution is -2.18. The molecule has 1 aliphatic heterocycles. The van der Waals surface area contributed by atoms with E-state index in [-0.39, 0.29) is 5.91 Å². The van der Waals surface area contributed by atoms with E-state index in [0.29, 0.717) is 11.3 Å². The summed E-state index contributed by atoms with van der Waals surface area (Å²) in [4.78, 5) is 14.8. The van der Waals surface area contributed by atoms with Crippen LogP contribution in [0.3, 0.4) is 0 Å². The van der Waals surface area contributed by atoms with Crippen molar-refractivity contribution in [1.29, 1.82) is 0 Å². The number of methoxy groups -OCH3 is 1. The van der Waals surface area contributed by atoms with Crippen molar-refractivity contribution in [3.63, 3.8) is 0 Å². The first-order chi connectivity index (χ1) is 11.2. The van der Waals surface area contributed by atoms with Gasteiger partial charge in [0, 0.05) is 30.0 Å². The second kappa shape index (κ2) is 6.73. The van der Waals surface area contributed by atoms with Crippen LogP contribution < -0.4 is 15.0 Å². The Balaban J connectivity index is 1.80. The van der Waals surface area contributed by atoms with E-state index in [0.717, 1.165) is 24.3 Å². The number of amides is 1. The van der Waals surface area contributed by atoms with Crippen LogP contribution in [-0.4, -0.2) is 26.1 Å². The van der Waals surface area contributed by atoms with Crippen LogP contribution in [0.5, 0.6) is 5.75 Å². The van der Waals surface area contributed by atoms with Gasteiger partial charge in [0.2, 0.25) is 0 Å². The Morgan fingerprint density at radius 2 is 1.91 bits per heavy atom. The average molecular weight is 310 g/mol. The van der Waals surface area contributed by atoms with Crippen LogP contribution in [-0.2, 0) is 0 Å². The number of anilines is 2. The zero-order chi connectivity index (χ0) is 16.2. The van der Waals surface area contributed by atoms with Gasteiger partial charge >= 0.3 is 0 Å². The van der Waals surface area contributed by atoms with Crippen molar-refractivity contribution in [2.24, 2.45) is 0 Å². The molecule has 0 spiro atoms. The number of nitrogens with zero attached hydrogens (tertiary/aromatic N) is 1. The molecule has 0 saturated carbocycles. The van der Waals surface area contributed by atoms with Gasteiger partial charge in [-0.3, -0.25) is 4.79 Å². The fraction of sp³-hybridized carbons (Fsp3) is 0.316. The number of hydrogen-bond donors (Lipinski definition) is 1. The topological polar surface area (TPSA) is 41.6 Å². The standard InChI is InChI=1S/C19H22N2O2/c1-14-8-9-16(21-10-3-4-11-21)13-18(14)20-19(22)15-6-5-7-17(12-15)23-2/h5-9,12-13H,3-4,10-11H2,1-2H3,(H,20,22). The maximum absolute atomic E-state index is 12.5. The van der Waals surface area contributed by atoms with Crippen LogP contribution in [0.25, 0.3) is 0 Å². The third-order valence-corrected chi connectivity index (χ3v) is 4.27. The Bertz CT molecular complexity index is 706. The zero-order valence-electron chi connectivity index (χ0n) is 13.6. The molecular weight excluding hydrogens is 288 g/mol. The van der Waals surface area contributed by atoms with Gasteiger partial charge in [-0.05, 0) is 55.7 Å². The van der Waals surface area contributed by atoms with Crippen molar-refractivity contribution in [2.75, 3.05) is 30.4 Å². The van der Waals surface area contributed by atoms with E-state index >= 15 is 0 Å². The first-order valence-electron chi connectivity index (χ1n) is 7.98. The van der Waals surface area contributed by atoms with Gasteiger partial charge < -0.3 is 15.0 Å². The molecule has 1 N–H and O–H groups in total. The van der Waals surface area contributed by atoms with Crippen molar-refractivity contribution < 1.29 is 9.53 Å². The summed E-state index contributed by atoms with van der Waals surface area (Å²) < 4.78 is 5.18. The van der Waals surface area contributed by atoms with E-state index in [2.05, 4.69) is 28.4 Å². The Kier molecular flexibility index (Phi) is 4.51. The molecule has 1 fully saturated rings. The molecule has 0 aliphatic carbocycles. The second-order valence-electron chi connectivity index (χ2n) is 5.88. The van der Waals surface area contributed by atoms with E-state index in [9.17, 15) is 4.79 Å². The molecule has 0 aromatic heterocycles. The molecule has 2 aromatic rings. The lowest BCUT2D eigenvalue weighted by molar-refractivity contribution is 0.102. The molecule has 3 rings (SSSR count). The highest BCUT2D eigenvalue weighted by molar-refractivity contribution is 6.05. The summed E-state index contributed by atoms with van der Waals surface area (Å²) in [5, 5.41) is 3.02. The number of carbonyl (C=O) groups is 1. The Labute approximate surface area is 137 Å². The summed E-state index contributed by atoms with van der Waals surface area (Å²) in [7, 11) is 1.60. The molecular formula is C19H22N2O2. The van der Waals surface area contributed by atoms with E-state index < -0.39 is 0 Å². The normalized spacial score (nSPS) is 13.9. The number of hydrogen-bond acceptors (Lipinski definition) is 3. The minimum Gasteiger partial charge on any atom is -0.497 e. The molecule has 0 radical (unpaired) electrons. The van der Waals surface area contributed by atoms with Crippen LogP contribution in [0, 0.1) is 6.92 Å². The third kappa shape index (κ3) is 3.47. The number of carbonyl (C=O) groups excluding carboxylic acids is 1. The van der Waals surface area contributed by atoms with Gasteiger partial charge in [0.25, 0.3) is 5.91 Å². The molecule has 1 heterocycles. The van der Waals surface area contributed by atoms with Crippen molar-refractivity contribution in [2.45, 2.75) is 19.8 Å². The molecule has 120 valence electrons. The summed E-state index contributed by atoms with van der Waals surface area (Å²) >= 11 is 0. The zero-order valence-corrected chi connectivity index (χ0v) is 13.6. The van der Waals surface area contributed by atoms with Gasteiger partial charge in [-0.1, -0.05) is 12.1 Å². The van der Waals surface area contributed by atoms with Crippen LogP contribution in [0.1, 0.15) is 28.8 Å². The number of ether oxygens (including phenoxy) is 1. The van der Waals surface area contributed by atoms with Gasteiger partial charge in [0.1, 0.15) is 5.75 Å². The Morgan fingerprint density at radius 1 is 1.13 bits per heavy atom. The molecule has 0 bridgehead atoms. The smallest absolute Gasteiger partial charge is 0.255 e. The highest BCUT2D eigenvalue weighted by Gasteiger charge is 2.14. The highest BCUT2D eigenvalue weighted by Crippen LogP contribution is 2.26. The van der Waals surface area contributed by atoms with Crippen LogP contribution in [0.15, 0.2) is 42.5 Å². The van der Waals surface area contributed by atoms with Crippen LogP contribution >= 0.6 is 0 Å².